The number of fused-ring (bicyclic) bond motifs is 3. The van der Waals surface area contributed by atoms with Crippen LogP contribution >= 0.6 is 0 Å². The first-order chi connectivity index (χ1) is 15.8. The van der Waals surface area contributed by atoms with Crippen LogP contribution in [0.1, 0.15) is 42.9 Å². The van der Waals surface area contributed by atoms with Crippen molar-refractivity contribution in [2.75, 3.05) is 0 Å². The number of phenols is 1. The summed E-state index contributed by atoms with van der Waals surface area (Å²) in [5, 5.41) is 10.9. The summed E-state index contributed by atoms with van der Waals surface area (Å²) in [5.74, 6) is 1.45. The molecule has 1 aliphatic carbocycles. The van der Waals surface area contributed by atoms with E-state index in [0.29, 0.717) is 5.75 Å². The highest BCUT2D eigenvalue weighted by Gasteiger charge is 2.25. The molecule has 0 fully saturated rings. The van der Waals surface area contributed by atoms with Crippen LogP contribution in [0.2, 0.25) is 0 Å². The van der Waals surface area contributed by atoms with Gasteiger partial charge in [0, 0.05) is 5.56 Å². The first-order valence-electron chi connectivity index (χ1n) is 11.5. The van der Waals surface area contributed by atoms with Crippen molar-refractivity contribution in [2.45, 2.75) is 39.0 Å². The molecule has 2 nitrogen and oxygen atoms in total. The Morgan fingerprint density at radius 2 is 1.50 bits per heavy atom. The smallest absolute Gasteiger partial charge is 0.177 e. The number of rotatable bonds is 7. The van der Waals surface area contributed by atoms with Gasteiger partial charge in [0.15, 0.2) is 11.5 Å². The maximum Gasteiger partial charge on any atom is 0.177 e. The Bertz CT molecular complexity index is 1240. The van der Waals surface area contributed by atoms with E-state index in [1.807, 2.05) is 30.3 Å². The molecule has 0 spiro atoms. The largest absolute Gasteiger partial charge is 0.504 e. The standard InChI is InChI=1S/C30H28O2/c1-2-3-5-11-21-18-19-28(31)30(32-23-13-6-4-7-14-23)29(21)26-17-10-16-25-24-15-9-8-12-22(24)20-27(25)26/h4,6-10,12-19,31H,2-3,5,11,20H2,1H3. The summed E-state index contributed by atoms with van der Waals surface area (Å²) < 4.78 is 6.33. The Morgan fingerprint density at radius 3 is 2.34 bits per heavy atom. The first-order valence-corrected chi connectivity index (χ1v) is 11.5. The molecule has 0 unspecified atom stereocenters. The number of hydrogen-bond acceptors (Lipinski definition) is 2. The van der Waals surface area contributed by atoms with Gasteiger partial charge in [-0.15, -0.1) is 0 Å². The molecule has 1 N–H and O–H groups in total. The normalized spacial score (nSPS) is 11.8. The van der Waals surface area contributed by atoms with Gasteiger partial charge in [0.05, 0.1) is 0 Å². The van der Waals surface area contributed by atoms with Crippen molar-refractivity contribution in [1.82, 2.24) is 0 Å². The van der Waals surface area contributed by atoms with E-state index in [0.717, 1.165) is 36.1 Å². The molecule has 32 heavy (non-hydrogen) atoms. The summed E-state index contributed by atoms with van der Waals surface area (Å²) in [4.78, 5) is 0. The summed E-state index contributed by atoms with van der Waals surface area (Å²) in [6, 6.07) is 28.7. The van der Waals surface area contributed by atoms with Gasteiger partial charge in [-0.25, -0.2) is 0 Å². The molecule has 0 aliphatic heterocycles. The average molecular weight is 421 g/mol. The molecule has 5 rings (SSSR count). The SMILES string of the molecule is CCCCCc1ccc(O)c(Oc2ccccc2)c1-c1cccc2c1Cc1ccccc1-2. The van der Waals surface area contributed by atoms with Crippen LogP contribution in [-0.4, -0.2) is 5.11 Å². The van der Waals surface area contributed by atoms with Crippen molar-refractivity contribution in [3.05, 3.63) is 102 Å². The maximum atomic E-state index is 10.9. The van der Waals surface area contributed by atoms with E-state index < -0.39 is 0 Å². The fourth-order valence-corrected chi connectivity index (χ4v) is 4.78. The number of aromatic hydroxyl groups is 1. The van der Waals surface area contributed by atoms with Crippen LogP contribution in [-0.2, 0) is 12.8 Å². The minimum atomic E-state index is 0.177. The zero-order chi connectivity index (χ0) is 21.9. The zero-order valence-electron chi connectivity index (χ0n) is 18.5. The molecular formula is C30H28O2. The van der Waals surface area contributed by atoms with Crippen LogP contribution in [0, 0.1) is 0 Å². The molecular weight excluding hydrogens is 392 g/mol. The Kier molecular flexibility index (Phi) is 5.68. The molecule has 2 heteroatoms. The van der Waals surface area contributed by atoms with Crippen LogP contribution in [0.4, 0.5) is 0 Å². The van der Waals surface area contributed by atoms with Crippen molar-refractivity contribution in [3.63, 3.8) is 0 Å². The molecule has 0 heterocycles. The minimum Gasteiger partial charge on any atom is -0.504 e. The molecule has 4 aromatic rings. The van der Waals surface area contributed by atoms with Crippen molar-refractivity contribution in [3.8, 4) is 39.5 Å². The molecule has 1 aliphatic rings. The Balaban J connectivity index is 1.68. The van der Waals surface area contributed by atoms with Crippen LogP contribution in [0.5, 0.6) is 17.2 Å². The van der Waals surface area contributed by atoms with Crippen molar-refractivity contribution in [2.24, 2.45) is 0 Å². The minimum absolute atomic E-state index is 0.177. The second-order valence-corrected chi connectivity index (χ2v) is 8.49. The lowest BCUT2D eigenvalue weighted by Crippen LogP contribution is -1.98. The lowest BCUT2D eigenvalue weighted by Gasteiger charge is -2.19. The van der Waals surface area contributed by atoms with Crippen molar-refractivity contribution < 1.29 is 9.84 Å². The Morgan fingerprint density at radius 1 is 0.750 bits per heavy atom. The van der Waals surface area contributed by atoms with Gasteiger partial charge in [-0.3, -0.25) is 0 Å². The average Bonchev–Trinajstić information content (AvgIpc) is 3.21. The van der Waals surface area contributed by atoms with E-state index in [2.05, 4.69) is 55.5 Å². The number of ether oxygens (including phenoxy) is 1. The number of unbranched alkanes of at least 4 members (excludes halogenated alkanes) is 2. The van der Waals surface area contributed by atoms with Crippen LogP contribution in [0.15, 0.2) is 84.9 Å². The number of para-hydroxylation sites is 1. The topological polar surface area (TPSA) is 29.5 Å². The monoisotopic (exact) mass is 420 g/mol. The summed E-state index contributed by atoms with van der Waals surface area (Å²) >= 11 is 0. The molecule has 0 saturated heterocycles. The number of aryl methyl sites for hydroxylation is 1. The van der Waals surface area contributed by atoms with E-state index in [9.17, 15) is 5.11 Å². The second-order valence-electron chi connectivity index (χ2n) is 8.49. The Hall–Kier alpha value is -3.52. The fourth-order valence-electron chi connectivity index (χ4n) is 4.78. The molecule has 0 bridgehead atoms. The van der Waals surface area contributed by atoms with Gasteiger partial charge in [0.2, 0.25) is 0 Å². The summed E-state index contributed by atoms with van der Waals surface area (Å²) in [5.41, 5.74) is 8.67. The van der Waals surface area contributed by atoms with Gasteiger partial charge in [-0.1, -0.05) is 86.5 Å². The van der Waals surface area contributed by atoms with Crippen molar-refractivity contribution in [1.29, 1.82) is 0 Å². The molecule has 0 amide bonds. The third-order valence-electron chi connectivity index (χ3n) is 6.36. The van der Waals surface area contributed by atoms with Gasteiger partial charge in [-0.05, 0) is 70.8 Å². The lowest BCUT2D eigenvalue weighted by atomic mass is 9.89. The predicted octanol–water partition coefficient (Wildman–Crippen LogP) is 8.16. The van der Waals surface area contributed by atoms with Gasteiger partial charge >= 0.3 is 0 Å². The highest BCUT2D eigenvalue weighted by Crippen LogP contribution is 2.48. The summed E-state index contributed by atoms with van der Waals surface area (Å²) in [6.45, 7) is 2.23. The maximum absolute atomic E-state index is 10.9. The molecule has 0 aromatic heterocycles. The second kappa shape index (κ2) is 8.92. The quantitative estimate of drug-likeness (QED) is 0.269. The lowest BCUT2D eigenvalue weighted by molar-refractivity contribution is 0.412. The highest BCUT2D eigenvalue weighted by molar-refractivity contribution is 5.88. The van der Waals surface area contributed by atoms with E-state index in [-0.39, 0.29) is 5.75 Å². The molecule has 0 radical (unpaired) electrons. The molecule has 4 aromatic carbocycles. The van der Waals surface area contributed by atoms with Gasteiger partial charge in [0.25, 0.3) is 0 Å². The van der Waals surface area contributed by atoms with E-state index in [1.165, 1.54) is 40.7 Å². The van der Waals surface area contributed by atoms with Crippen molar-refractivity contribution >= 4 is 0 Å². The van der Waals surface area contributed by atoms with Gasteiger partial charge in [-0.2, -0.15) is 0 Å². The molecule has 0 saturated carbocycles. The van der Waals surface area contributed by atoms with E-state index in [4.69, 9.17) is 4.74 Å². The van der Waals surface area contributed by atoms with Gasteiger partial charge in [0.1, 0.15) is 5.75 Å². The van der Waals surface area contributed by atoms with E-state index >= 15 is 0 Å². The Labute approximate surface area is 190 Å². The fraction of sp³-hybridized carbons (Fsp3) is 0.200. The third kappa shape index (κ3) is 3.78. The van der Waals surface area contributed by atoms with Crippen LogP contribution < -0.4 is 4.74 Å². The van der Waals surface area contributed by atoms with E-state index in [1.54, 1.807) is 6.07 Å². The summed E-state index contributed by atoms with van der Waals surface area (Å²) in [7, 11) is 0. The number of phenolic OH excluding ortho intramolecular Hbond substituents is 1. The first kappa shape index (κ1) is 20.4. The number of benzene rings is 4. The predicted molar refractivity (Wildman–Crippen MR) is 132 cm³/mol. The number of hydrogen-bond donors (Lipinski definition) is 1. The van der Waals surface area contributed by atoms with Crippen LogP contribution in [0.25, 0.3) is 22.3 Å². The van der Waals surface area contributed by atoms with Crippen LogP contribution in [0.3, 0.4) is 0 Å². The highest BCUT2D eigenvalue weighted by atomic mass is 16.5. The zero-order valence-corrected chi connectivity index (χ0v) is 18.5. The third-order valence-corrected chi connectivity index (χ3v) is 6.36. The molecule has 0 atom stereocenters. The summed E-state index contributed by atoms with van der Waals surface area (Å²) in [6.07, 6.45) is 5.35. The molecule has 160 valence electrons. The van der Waals surface area contributed by atoms with Gasteiger partial charge < -0.3 is 9.84 Å².